The standard InChI is InChI=1S/C67H118N10O18/c1-8-32-90-34-36-92-38-39-93-37-35-91-33-29-56(83)76-51(26-25-48(80)23-19-15-13-18-22-31-73-67(89)95-63-50(65(87)88)42-52(77-66(70)71)59(63)61(75-44(7)79)46(11-4)12-5)53(81)27-28-55(82)72-30-21-17-14-16-20-24-57(84)94-62-49(64(85)86)40-47(41-54(68)69)58(62)60(74-43(6)78)45(9-2)10-3/h45-47,49-52,58-63H,8-42H2,1-7H3,(H3,68,69)(H,72,82)(H,73,89)(H,74,78)(H,75,79)(H,76,83)(H,85,86)(H,87,88)(H4,70,71,77)/t47-,49-,50-,51+,52+,58+,59+,60-,61-,62+,63+/m0/s1. The summed E-state index contributed by atoms with van der Waals surface area (Å²) in [6.45, 7) is 16.3. The summed E-state index contributed by atoms with van der Waals surface area (Å²) >= 11 is 0. The largest absolute Gasteiger partial charge is 0.481 e. The first-order valence-electron chi connectivity index (χ1n) is 34.9. The molecular formula is C67H118N10O18. The summed E-state index contributed by atoms with van der Waals surface area (Å²) in [6, 6.07) is -2.78. The van der Waals surface area contributed by atoms with Crippen molar-refractivity contribution in [3.05, 3.63) is 0 Å². The Balaban J connectivity index is 1.89. The quantitative estimate of drug-likeness (QED) is 0.0149. The number of unbranched alkanes of at least 4 members (excludes halogenated alkanes) is 8. The zero-order chi connectivity index (χ0) is 70.7. The molecule has 28 heteroatoms. The second-order valence-electron chi connectivity index (χ2n) is 25.2. The van der Waals surface area contributed by atoms with Gasteiger partial charge in [0.05, 0.1) is 76.0 Å². The molecule has 0 bridgehead atoms. The van der Waals surface area contributed by atoms with Crippen LogP contribution in [0.15, 0.2) is 4.99 Å². The lowest BCUT2D eigenvalue weighted by molar-refractivity contribution is -0.160. The number of aliphatic carboxylic acids is 2. The van der Waals surface area contributed by atoms with Crippen LogP contribution in [0.25, 0.3) is 0 Å². The molecule has 0 aromatic heterocycles. The van der Waals surface area contributed by atoms with E-state index in [1.165, 1.54) is 13.8 Å². The van der Waals surface area contributed by atoms with Crippen LogP contribution < -0.4 is 43.8 Å². The number of nitrogens with one attached hydrogen (secondary N) is 6. The van der Waals surface area contributed by atoms with Gasteiger partial charge in [-0.3, -0.25) is 48.6 Å². The number of alkyl carbamates (subject to hydrolysis) is 1. The topological polar surface area (TPSA) is 441 Å². The molecule has 0 radical (unpaired) electrons. The molecule has 2 fully saturated rings. The molecule has 0 heterocycles. The molecule has 0 unspecified atom stereocenters. The van der Waals surface area contributed by atoms with Crippen molar-refractivity contribution in [1.82, 2.24) is 26.6 Å². The molecule has 2 aliphatic carbocycles. The van der Waals surface area contributed by atoms with Gasteiger partial charge in [0.25, 0.3) is 0 Å². The Hall–Kier alpha value is -6.52. The van der Waals surface area contributed by atoms with Crippen LogP contribution in [0.3, 0.4) is 0 Å². The van der Waals surface area contributed by atoms with Crippen molar-refractivity contribution in [2.75, 3.05) is 65.9 Å². The zero-order valence-electron chi connectivity index (χ0n) is 57.9. The normalized spacial score (nSPS) is 20.1. The lowest BCUT2D eigenvalue weighted by Crippen LogP contribution is -2.52. The van der Waals surface area contributed by atoms with Gasteiger partial charge in [-0.05, 0) is 69.1 Å². The summed E-state index contributed by atoms with van der Waals surface area (Å²) in [5.41, 5.74) is 17.3. The summed E-state index contributed by atoms with van der Waals surface area (Å²) < 4.78 is 33.7. The summed E-state index contributed by atoms with van der Waals surface area (Å²) in [4.78, 5) is 133. The summed E-state index contributed by atoms with van der Waals surface area (Å²) in [6.07, 6.45) is 7.58. The van der Waals surface area contributed by atoms with Crippen molar-refractivity contribution in [3.63, 3.8) is 0 Å². The monoisotopic (exact) mass is 1350 g/mol. The van der Waals surface area contributed by atoms with Gasteiger partial charge in [-0.2, -0.15) is 0 Å². The summed E-state index contributed by atoms with van der Waals surface area (Å²) in [5, 5.41) is 42.7. The number of rotatable bonds is 55. The zero-order valence-corrected chi connectivity index (χ0v) is 57.9. The maximum absolute atomic E-state index is 13.6. The number of ether oxygens (including phenoxy) is 6. The van der Waals surface area contributed by atoms with Crippen LogP contribution in [-0.2, 0) is 71.6 Å². The van der Waals surface area contributed by atoms with E-state index in [0.717, 1.165) is 25.7 Å². The first-order valence-corrected chi connectivity index (χ1v) is 34.9. The highest BCUT2D eigenvalue weighted by molar-refractivity contribution is 5.92. The first kappa shape index (κ1) is 84.6. The van der Waals surface area contributed by atoms with Gasteiger partial charge < -0.3 is 82.4 Å². The highest BCUT2D eigenvalue weighted by Crippen LogP contribution is 2.46. The number of carboxylic acids is 2. The number of nitrogens with two attached hydrogens (primary N) is 3. The van der Waals surface area contributed by atoms with E-state index in [2.05, 4.69) is 31.6 Å². The van der Waals surface area contributed by atoms with Gasteiger partial charge in [-0.15, -0.1) is 0 Å². The third-order valence-electron chi connectivity index (χ3n) is 18.0. The average Bonchev–Trinajstić information content (AvgIpc) is 1.65. The Bertz CT molecular complexity index is 2370. The number of hydrogen-bond acceptors (Lipinski definition) is 18. The van der Waals surface area contributed by atoms with Crippen molar-refractivity contribution < 1.29 is 86.6 Å². The Labute approximate surface area is 562 Å². The maximum atomic E-state index is 13.6. The number of carbonyl (C=O) groups is 10. The SMILES string of the molecule is CCCOCCOCCOCCOCCC(=O)N[C@H](CCC(=O)CCCCCCCNC(=O)O[C@H]1[C@@H]([C@@H](NC(C)=O)C(CC)CC)[C@H](N=C(N)N)C[C@@H]1C(=O)O)C(=O)CCC(=O)NCCCCCCCC(=O)O[C@H]1[C@@H]([C@@H](NC(C)=O)C(CC)CC)[C@H](CC(=N)N)C[C@@H]1C(=O)O. The van der Waals surface area contributed by atoms with E-state index >= 15 is 0 Å². The molecule has 0 spiro atoms. The molecule has 14 N–H and O–H groups in total. The Morgan fingerprint density at radius 3 is 1.53 bits per heavy atom. The van der Waals surface area contributed by atoms with E-state index in [-0.39, 0.29) is 144 Å². The number of carboxylic acid groups (broad SMARTS) is 2. The fourth-order valence-electron chi connectivity index (χ4n) is 13.2. The molecule has 95 heavy (non-hydrogen) atoms. The third-order valence-corrected chi connectivity index (χ3v) is 18.0. The minimum Gasteiger partial charge on any atom is -0.481 e. The number of ketones is 2. The van der Waals surface area contributed by atoms with Gasteiger partial charge in [-0.25, -0.2) is 9.79 Å². The Kier molecular flexibility index (Phi) is 43.7. The molecular weight excluding hydrogens is 1230 g/mol. The molecule has 0 saturated heterocycles. The van der Waals surface area contributed by atoms with Crippen LogP contribution in [0, 0.1) is 46.8 Å². The molecule has 28 nitrogen and oxygen atoms in total. The highest BCUT2D eigenvalue weighted by atomic mass is 16.6. The van der Waals surface area contributed by atoms with Gasteiger partial charge in [0.15, 0.2) is 11.7 Å². The number of hydrogen-bond donors (Lipinski definition) is 11. The molecule has 11 atom stereocenters. The fraction of sp³-hybridized carbons (Fsp3) is 0.821. The van der Waals surface area contributed by atoms with Crippen molar-refractivity contribution in [3.8, 4) is 0 Å². The number of nitrogens with zero attached hydrogens (tertiary/aromatic N) is 1. The van der Waals surface area contributed by atoms with E-state index in [4.69, 9.17) is 51.0 Å². The van der Waals surface area contributed by atoms with Crippen LogP contribution in [-0.4, -0.2) is 184 Å². The first-order chi connectivity index (χ1) is 45.4. The second kappa shape index (κ2) is 49.1. The van der Waals surface area contributed by atoms with Gasteiger partial charge in [0.2, 0.25) is 23.6 Å². The average molecular weight is 1350 g/mol. The predicted octanol–water partition coefficient (Wildman–Crippen LogP) is 5.75. The molecule has 0 aromatic rings. The lowest BCUT2D eigenvalue weighted by Gasteiger charge is -2.37. The van der Waals surface area contributed by atoms with Crippen LogP contribution in [0.4, 0.5) is 4.79 Å². The Morgan fingerprint density at radius 2 is 1.01 bits per heavy atom. The van der Waals surface area contributed by atoms with Crippen LogP contribution in [0.2, 0.25) is 0 Å². The fourth-order valence-corrected chi connectivity index (χ4v) is 13.2. The minimum atomic E-state index is -1.18. The molecule has 0 aromatic carbocycles. The molecule has 544 valence electrons. The smallest absolute Gasteiger partial charge is 0.407 e. The molecule has 2 saturated carbocycles. The maximum Gasteiger partial charge on any atom is 0.407 e. The molecule has 5 amide bonds. The summed E-state index contributed by atoms with van der Waals surface area (Å²) in [5.74, 6) is -8.94. The predicted molar refractivity (Wildman–Crippen MR) is 357 cm³/mol. The van der Waals surface area contributed by atoms with Crippen molar-refractivity contribution in [2.24, 2.45) is 63.6 Å². The van der Waals surface area contributed by atoms with Gasteiger partial charge in [-0.1, -0.05) is 98.8 Å². The summed E-state index contributed by atoms with van der Waals surface area (Å²) in [7, 11) is 0. The van der Waals surface area contributed by atoms with E-state index in [1.54, 1.807) is 0 Å². The van der Waals surface area contributed by atoms with Crippen LogP contribution in [0.5, 0.6) is 0 Å². The van der Waals surface area contributed by atoms with Crippen molar-refractivity contribution >= 4 is 71.0 Å². The minimum absolute atomic E-state index is 0.00720. The van der Waals surface area contributed by atoms with Crippen molar-refractivity contribution in [1.29, 1.82) is 5.41 Å². The second-order valence-corrected chi connectivity index (χ2v) is 25.2. The number of Topliss-reactive ketones (excluding diaryl/α,β-unsaturated/α-hetero) is 2. The van der Waals surface area contributed by atoms with Crippen LogP contribution in [0.1, 0.15) is 209 Å². The van der Waals surface area contributed by atoms with Crippen LogP contribution >= 0.6 is 0 Å². The van der Waals surface area contributed by atoms with E-state index in [9.17, 15) is 58.2 Å². The number of amidine groups is 1. The molecule has 2 rings (SSSR count). The number of carbonyl (C=O) groups excluding carboxylic acids is 8. The molecule has 2 aliphatic rings. The van der Waals surface area contributed by atoms with Gasteiger partial charge >= 0.3 is 24.0 Å². The van der Waals surface area contributed by atoms with E-state index in [1.807, 2.05) is 34.6 Å². The number of aliphatic imine (C=N–C) groups is 1. The number of esters is 1. The number of guanidine groups is 1. The Morgan fingerprint density at radius 1 is 0.526 bits per heavy atom. The van der Waals surface area contributed by atoms with Gasteiger partial charge in [0.1, 0.15) is 18.0 Å². The van der Waals surface area contributed by atoms with Gasteiger partial charge in [0, 0.05) is 102 Å². The van der Waals surface area contributed by atoms with E-state index < -0.39 is 95.7 Å². The highest BCUT2D eigenvalue weighted by Gasteiger charge is 2.55. The molecule has 0 aliphatic heterocycles. The number of amides is 5. The van der Waals surface area contributed by atoms with E-state index in [0.29, 0.717) is 110 Å². The lowest BCUT2D eigenvalue weighted by atomic mass is 9.77. The third kappa shape index (κ3) is 34.3. The van der Waals surface area contributed by atoms with Crippen molar-refractivity contribution in [2.45, 2.75) is 245 Å².